The molecule has 2 aliphatic rings. The lowest BCUT2D eigenvalue weighted by atomic mass is 10.0. The van der Waals surface area contributed by atoms with Gasteiger partial charge in [0.25, 0.3) is 5.91 Å². The van der Waals surface area contributed by atoms with E-state index in [1.165, 1.54) is 0 Å². The topological polar surface area (TPSA) is 82.4 Å². The van der Waals surface area contributed by atoms with Crippen molar-refractivity contribution in [2.45, 2.75) is 19.0 Å². The molecule has 5 N–H and O–H groups in total. The van der Waals surface area contributed by atoms with E-state index in [1.807, 2.05) is 53.5 Å². The molecule has 0 aliphatic carbocycles. The monoisotopic (exact) mass is 321 g/mol. The van der Waals surface area contributed by atoms with Gasteiger partial charge < -0.3 is 10.3 Å². The SMILES string of the molecule is NC1NC(=O)C2=C(c3ccccc3)N(Cc3ccccc3)NC2N1. The highest BCUT2D eigenvalue weighted by atomic mass is 16.2. The zero-order valence-electron chi connectivity index (χ0n) is 13.1. The zero-order chi connectivity index (χ0) is 16.5. The van der Waals surface area contributed by atoms with Crippen molar-refractivity contribution in [2.24, 2.45) is 5.73 Å². The van der Waals surface area contributed by atoms with Crippen LogP contribution in [0.3, 0.4) is 0 Å². The Kier molecular flexibility index (Phi) is 3.78. The average Bonchev–Trinajstić information content (AvgIpc) is 2.94. The highest BCUT2D eigenvalue weighted by Crippen LogP contribution is 2.31. The van der Waals surface area contributed by atoms with Gasteiger partial charge in [-0.05, 0) is 11.1 Å². The average molecular weight is 321 g/mol. The quantitative estimate of drug-likeness (QED) is 0.669. The van der Waals surface area contributed by atoms with Crippen molar-refractivity contribution in [1.29, 1.82) is 0 Å². The van der Waals surface area contributed by atoms with E-state index in [2.05, 4.69) is 28.2 Å². The van der Waals surface area contributed by atoms with Gasteiger partial charge >= 0.3 is 0 Å². The summed E-state index contributed by atoms with van der Waals surface area (Å²) < 4.78 is 0. The fraction of sp³-hybridized carbons (Fsp3) is 0.167. The first kappa shape index (κ1) is 14.9. The van der Waals surface area contributed by atoms with E-state index in [9.17, 15) is 4.79 Å². The number of carbonyl (C=O) groups excluding carboxylic acids is 1. The minimum absolute atomic E-state index is 0.145. The Labute approximate surface area is 140 Å². The Morgan fingerprint density at radius 2 is 1.67 bits per heavy atom. The highest BCUT2D eigenvalue weighted by molar-refractivity contribution is 6.03. The van der Waals surface area contributed by atoms with E-state index in [0.717, 1.165) is 16.8 Å². The smallest absolute Gasteiger partial charge is 0.254 e. The summed E-state index contributed by atoms with van der Waals surface area (Å²) in [6.07, 6.45) is -0.861. The van der Waals surface area contributed by atoms with Crippen LogP contribution in [-0.4, -0.2) is 23.4 Å². The fourth-order valence-corrected chi connectivity index (χ4v) is 3.16. The van der Waals surface area contributed by atoms with Gasteiger partial charge in [-0.25, -0.2) is 5.43 Å². The van der Waals surface area contributed by atoms with Crippen molar-refractivity contribution in [3.8, 4) is 0 Å². The molecule has 2 atom stereocenters. The number of hydrogen-bond acceptors (Lipinski definition) is 5. The Morgan fingerprint density at radius 1 is 1.00 bits per heavy atom. The van der Waals surface area contributed by atoms with Crippen LogP contribution in [0.2, 0.25) is 0 Å². The second-order valence-corrected chi connectivity index (χ2v) is 5.88. The summed E-state index contributed by atoms with van der Waals surface area (Å²) in [4.78, 5) is 12.5. The first-order valence-electron chi connectivity index (χ1n) is 7.92. The van der Waals surface area contributed by atoms with Crippen LogP contribution in [0.15, 0.2) is 66.2 Å². The summed E-state index contributed by atoms with van der Waals surface area (Å²) in [7, 11) is 0. The number of nitrogens with zero attached hydrogens (tertiary/aromatic N) is 1. The minimum atomic E-state index is -0.563. The van der Waals surface area contributed by atoms with Gasteiger partial charge in [0, 0.05) is 0 Å². The molecule has 0 bridgehead atoms. The molecule has 1 fully saturated rings. The molecule has 0 aromatic heterocycles. The molecule has 24 heavy (non-hydrogen) atoms. The van der Waals surface area contributed by atoms with Crippen LogP contribution in [0.4, 0.5) is 0 Å². The lowest BCUT2D eigenvalue weighted by molar-refractivity contribution is -0.119. The Morgan fingerprint density at radius 3 is 2.38 bits per heavy atom. The van der Waals surface area contributed by atoms with E-state index in [0.29, 0.717) is 12.1 Å². The maximum atomic E-state index is 12.5. The molecule has 2 heterocycles. The van der Waals surface area contributed by atoms with Crippen LogP contribution in [0, 0.1) is 0 Å². The predicted molar refractivity (Wildman–Crippen MR) is 91.5 cm³/mol. The zero-order valence-corrected chi connectivity index (χ0v) is 13.1. The van der Waals surface area contributed by atoms with Gasteiger partial charge in [0.15, 0.2) is 0 Å². The molecule has 6 nitrogen and oxygen atoms in total. The van der Waals surface area contributed by atoms with Crippen molar-refractivity contribution in [3.05, 3.63) is 77.4 Å². The number of fused-ring (bicyclic) bond motifs is 1. The van der Waals surface area contributed by atoms with Crippen molar-refractivity contribution in [3.63, 3.8) is 0 Å². The number of hydrogen-bond donors (Lipinski definition) is 4. The lowest BCUT2D eigenvalue weighted by Gasteiger charge is -2.28. The molecule has 4 rings (SSSR count). The molecule has 6 heteroatoms. The van der Waals surface area contributed by atoms with Gasteiger partial charge in [0.05, 0.1) is 17.8 Å². The minimum Gasteiger partial charge on any atom is -0.324 e. The van der Waals surface area contributed by atoms with Crippen LogP contribution < -0.4 is 21.8 Å². The lowest BCUT2D eigenvalue weighted by Crippen LogP contribution is -2.64. The molecule has 0 radical (unpaired) electrons. The van der Waals surface area contributed by atoms with Gasteiger partial charge in [0.1, 0.15) is 12.5 Å². The third-order valence-electron chi connectivity index (χ3n) is 4.21. The van der Waals surface area contributed by atoms with E-state index in [1.54, 1.807) is 0 Å². The van der Waals surface area contributed by atoms with Crippen LogP contribution >= 0.6 is 0 Å². The molecule has 2 aromatic carbocycles. The van der Waals surface area contributed by atoms with Gasteiger partial charge in [-0.1, -0.05) is 60.7 Å². The van der Waals surface area contributed by atoms with E-state index in [4.69, 9.17) is 5.73 Å². The van der Waals surface area contributed by atoms with Crippen LogP contribution in [-0.2, 0) is 11.3 Å². The van der Waals surface area contributed by atoms with Crippen molar-refractivity contribution >= 4 is 11.6 Å². The Balaban J connectivity index is 1.75. The summed E-state index contributed by atoms with van der Waals surface area (Å²) in [6.45, 7) is 0.648. The maximum absolute atomic E-state index is 12.5. The largest absolute Gasteiger partial charge is 0.324 e. The van der Waals surface area contributed by atoms with Crippen molar-refractivity contribution < 1.29 is 4.79 Å². The van der Waals surface area contributed by atoms with Crippen molar-refractivity contribution in [1.82, 2.24) is 21.1 Å². The van der Waals surface area contributed by atoms with E-state index >= 15 is 0 Å². The van der Waals surface area contributed by atoms with Gasteiger partial charge in [0.2, 0.25) is 0 Å². The highest BCUT2D eigenvalue weighted by Gasteiger charge is 2.40. The first-order valence-corrected chi connectivity index (χ1v) is 7.92. The Hall–Kier alpha value is -2.67. The Bertz CT molecular complexity index is 775. The summed E-state index contributed by atoms with van der Waals surface area (Å²) in [5.74, 6) is -0.145. The number of nitrogens with two attached hydrogens (primary N) is 1. The van der Waals surface area contributed by atoms with E-state index in [-0.39, 0.29) is 12.1 Å². The van der Waals surface area contributed by atoms with Gasteiger partial charge in [-0.15, -0.1) is 0 Å². The van der Waals surface area contributed by atoms with Gasteiger partial charge in [-0.3, -0.25) is 15.8 Å². The van der Waals surface area contributed by atoms with Crippen LogP contribution in [0.5, 0.6) is 0 Å². The molecule has 1 amide bonds. The molecule has 122 valence electrons. The summed E-state index contributed by atoms with van der Waals surface area (Å²) >= 11 is 0. The molecule has 2 aromatic rings. The molecule has 2 aliphatic heterocycles. The normalized spacial score (nSPS) is 23.2. The molecule has 0 spiro atoms. The van der Waals surface area contributed by atoms with Crippen LogP contribution in [0.25, 0.3) is 5.70 Å². The molecular formula is C18H19N5O. The third-order valence-corrected chi connectivity index (χ3v) is 4.21. The first-order chi connectivity index (χ1) is 11.7. The third kappa shape index (κ3) is 2.67. The van der Waals surface area contributed by atoms with Crippen molar-refractivity contribution in [2.75, 3.05) is 0 Å². The summed E-state index contributed by atoms with van der Waals surface area (Å²) in [5.41, 5.74) is 12.9. The molecule has 1 saturated heterocycles. The molecular weight excluding hydrogens is 302 g/mol. The second-order valence-electron chi connectivity index (χ2n) is 5.88. The second kappa shape index (κ2) is 6.09. The fourth-order valence-electron chi connectivity index (χ4n) is 3.16. The maximum Gasteiger partial charge on any atom is 0.254 e. The predicted octanol–water partition coefficient (Wildman–Crippen LogP) is 0.706. The summed E-state index contributed by atoms with van der Waals surface area (Å²) in [5, 5.41) is 7.91. The molecule has 0 saturated carbocycles. The molecule has 2 unspecified atom stereocenters. The standard InChI is InChI=1S/C18H19N5O/c19-18-20-16-14(17(24)21-18)15(13-9-5-2-6-10-13)23(22-16)11-12-7-3-1-4-8-12/h1-10,16,18,20,22H,11,19H2,(H,21,24). The number of carbonyl (C=O) groups is 1. The number of amides is 1. The van der Waals surface area contributed by atoms with E-state index < -0.39 is 6.29 Å². The number of benzene rings is 2. The van der Waals surface area contributed by atoms with Crippen LogP contribution in [0.1, 0.15) is 11.1 Å². The number of hydrazine groups is 1. The summed E-state index contributed by atoms with van der Waals surface area (Å²) in [6, 6.07) is 20.1. The number of rotatable bonds is 3. The number of nitrogens with one attached hydrogen (secondary N) is 3. The van der Waals surface area contributed by atoms with Gasteiger partial charge in [-0.2, -0.15) is 0 Å².